The molecule has 0 unspecified atom stereocenters. The molecule has 1 saturated heterocycles. The van der Waals surface area contributed by atoms with Crippen LogP contribution in [-0.4, -0.2) is 39.2 Å². The first-order valence-electron chi connectivity index (χ1n) is 10.6. The van der Waals surface area contributed by atoms with E-state index in [0.29, 0.717) is 23.1 Å². The van der Waals surface area contributed by atoms with Gasteiger partial charge in [-0.05, 0) is 48.9 Å². The number of hydrogen-bond acceptors (Lipinski definition) is 6. The molecule has 1 amide bonds. The van der Waals surface area contributed by atoms with Gasteiger partial charge in [-0.1, -0.05) is 32.5 Å². The Balaban J connectivity index is 1.27. The van der Waals surface area contributed by atoms with Crippen LogP contribution in [0.4, 0.5) is 5.69 Å². The van der Waals surface area contributed by atoms with E-state index in [1.54, 1.807) is 17.0 Å². The molecule has 5 rings (SSSR count). The largest absolute Gasteiger partial charge is 0.312 e. The first-order valence-corrected chi connectivity index (χ1v) is 11.6. The van der Waals surface area contributed by atoms with Gasteiger partial charge >= 0.3 is 0 Å². The highest BCUT2D eigenvalue weighted by atomic mass is 32.2. The van der Waals surface area contributed by atoms with Gasteiger partial charge in [0.2, 0.25) is 11.1 Å². The number of rotatable bonds is 5. The minimum absolute atomic E-state index is 0.0245. The average Bonchev–Trinajstić information content (AvgIpc) is 3.32. The minimum Gasteiger partial charge on any atom is -0.312 e. The van der Waals surface area contributed by atoms with E-state index < -0.39 is 0 Å². The molecule has 2 aliphatic carbocycles. The van der Waals surface area contributed by atoms with E-state index in [0.717, 1.165) is 42.9 Å². The minimum atomic E-state index is 0.0245. The summed E-state index contributed by atoms with van der Waals surface area (Å²) in [6.07, 6.45) is 3.77. The highest BCUT2D eigenvalue weighted by Crippen LogP contribution is 2.66. The van der Waals surface area contributed by atoms with Gasteiger partial charge in [-0.3, -0.25) is 9.59 Å². The number of aromatic nitrogens is 3. The van der Waals surface area contributed by atoms with Crippen LogP contribution < -0.4 is 4.90 Å². The van der Waals surface area contributed by atoms with E-state index in [2.05, 4.69) is 31.0 Å². The van der Waals surface area contributed by atoms with Gasteiger partial charge in [0.15, 0.2) is 5.78 Å². The molecule has 0 N–H and O–H groups in total. The molecular formula is C23H26N4O2S. The van der Waals surface area contributed by atoms with Gasteiger partial charge in [0, 0.05) is 35.5 Å². The van der Waals surface area contributed by atoms with Crippen molar-refractivity contribution in [3.05, 3.63) is 41.2 Å². The third-order valence-electron chi connectivity index (χ3n) is 7.68. The van der Waals surface area contributed by atoms with Crippen molar-refractivity contribution in [2.24, 2.45) is 5.41 Å². The van der Waals surface area contributed by atoms with Crippen molar-refractivity contribution in [3.8, 4) is 0 Å². The summed E-state index contributed by atoms with van der Waals surface area (Å²) in [5.74, 6) is 0.874. The van der Waals surface area contributed by atoms with Gasteiger partial charge in [0.05, 0.1) is 17.1 Å². The van der Waals surface area contributed by atoms with Gasteiger partial charge in [-0.25, -0.2) is 4.98 Å². The quantitative estimate of drug-likeness (QED) is 0.532. The molecule has 2 fully saturated rings. The lowest BCUT2D eigenvalue weighted by Crippen LogP contribution is -2.32. The summed E-state index contributed by atoms with van der Waals surface area (Å²) < 4.78 is 0. The Morgan fingerprint density at radius 3 is 2.67 bits per heavy atom. The molecule has 2 heterocycles. The Morgan fingerprint density at radius 1 is 1.20 bits per heavy atom. The van der Waals surface area contributed by atoms with E-state index in [4.69, 9.17) is 4.98 Å². The van der Waals surface area contributed by atoms with E-state index in [-0.39, 0.29) is 28.3 Å². The Kier molecular flexibility index (Phi) is 4.51. The van der Waals surface area contributed by atoms with Crippen LogP contribution in [0.1, 0.15) is 74.1 Å². The lowest BCUT2D eigenvalue weighted by atomic mass is 9.70. The van der Waals surface area contributed by atoms with Crippen LogP contribution in [0.15, 0.2) is 29.4 Å². The SMILES string of the molecule is CC1(C)[C@H]2CC[C@@]1(C)c1nc(SCC(=O)c3ccc(N4CCCC4=O)cc3)nnc12. The zero-order valence-electron chi connectivity index (χ0n) is 17.6. The van der Waals surface area contributed by atoms with E-state index in [1.165, 1.54) is 11.8 Å². The van der Waals surface area contributed by atoms with Gasteiger partial charge in [-0.2, -0.15) is 5.10 Å². The average molecular weight is 423 g/mol. The first kappa shape index (κ1) is 19.7. The molecular weight excluding hydrogens is 396 g/mol. The number of Topliss-reactive ketones (excluding diaryl/α,β-unsaturated/α-hetero) is 1. The fraction of sp³-hybridized carbons (Fsp3) is 0.522. The van der Waals surface area contributed by atoms with Gasteiger partial charge < -0.3 is 4.90 Å². The molecule has 2 aromatic rings. The van der Waals surface area contributed by atoms with E-state index in [1.807, 2.05) is 12.1 Å². The molecule has 1 aliphatic heterocycles. The highest BCUT2D eigenvalue weighted by molar-refractivity contribution is 7.99. The number of anilines is 1. The Labute approximate surface area is 180 Å². The van der Waals surface area contributed by atoms with Crippen LogP contribution >= 0.6 is 11.8 Å². The summed E-state index contributed by atoms with van der Waals surface area (Å²) in [5.41, 5.74) is 3.81. The number of benzene rings is 1. The number of ketones is 1. The van der Waals surface area contributed by atoms with Gasteiger partial charge in [-0.15, -0.1) is 5.10 Å². The topological polar surface area (TPSA) is 76.1 Å². The number of hydrogen-bond donors (Lipinski definition) is 0. The van der Waals surface area contributed by atoms with Crippen LogP contribution in [0.3, 0.4) is 0 Å². The standard InChI is InChI=1S/C23H26N4O2S/c1-22(2)16-10-11-23(22,3)20-19(16)25-26-21(24-20)30-13-17(28)14-6-8-15(9-7-14)27-12-4-5-18(27)29/h6-9,16H,4-5,10-13H2,1-3H3/t16-,23-/m0/s1. The lowest BCUT2D eigenvalue weighted by Gasteiger charge is -2.33. The van der Waals surface area contributed by atoms with Crippen LogP contribution in [-0.2, 0) is 10.2 Å². The Hall–Kier alpha value is -2.28. The molecule has 1 aromatic carbocycles. The molecule has 3 aliphatic rings. The summed E-state index contributed by atoms with van der Waals surface area (Å²) >= 11 is 1.35. The monoisotopic (exact) mass is 422 g/mol. The lowest BCUT2D eigenvalue weighted by molar-refractivity contribution is -0.117. The summed E-state index contributed by atoms with van der Waals surface area (Å²) in [4.78, 5) is 31.2. The Morgan fingerprint density at radius 2 is 1.97 bits per heavy atom. The van der Waals surface area contributed by atoms with Crippen molar-refractivity contribution in [2.75, 3.05) is 17.2 Å². The number of nitrogens with zero attached hydrogens (tertiary/aromatic N) is 4. The van der Waals surface area contributed by atoms with Crippen LogP contribution in [0.5, 0.6) is 0 Å². The van der Waals surface area contributed by atoms with Crippen molar-refractivity contribution >= 4 is 29.1 Å². The normalized spacial score (nSPS) is 26.3. The summed E-state index contributed by atoms with van der Waals surface area (Å²) in [5, 5.41) is 9.40. The van der Waals surface area contributed by atoms with Crippen molar-refractivity contribution in [1.29, 1.82) is 0 Å². The van der Waals surface area contributed by atoms with Crippen LogP contribution in [0.25, 0.3) is 0 Å². The van der Waals surface area contributed by atoms with Crippen molar-refractivity contribution in [3.63, 3.8) is 0 Å². The number of fused-ring (bicyclic) bond motifs is 5. The summed E-state index contributed by atoms with van der Waals surface area (Å²) in [6.45, 7) is 7.66. The van der Waals surface area contributed by atoms with Gasteiger partial charge in [0.25, 0.3) is 0 Å². The third-order valence-corrected chi connectivity index (χ3v) is 8.52. The third kappa shape index (κ3) is 2.82. The zero-order valence-corrected chi connectivity index (χ0v) is 18.5. The molecule has 0 spiro atoms. The smallest absolute Gasteiger partial charge is 0.227 e. The second-order valence-electron chi connectivity index (χ2n) is 9.38. The predicted molar refractivity (Wildman–Crippen MR) is 116 cm³/mol. The second-order valence-corrected chi connectivity index (χ2v) is 10.3. The predicted octanol–water partition coefficient (Wildman–Crippen LogP) is 4.15. The van der Waals surface area contributed by atoms with E-state index >= 15 is 0 Å². The fourth-order valence-corrected chi connectivity index (χ4v) is 6.07. The fourth-order valence-electron chi connectivity index (χ4n) is 5.39. The number of amides is 1. The maximum Gasteiger partial charge on any atom is 0.227 e. The van der Waals surface area contributed by atoms with Crippen molar-refractivity contribution in [1.82, 2.24) is 15.2 Å². The van der Waals surface area contributed by atoms with Crippen molar-refractivity contribution < 1.29 is 9.59 Å². The Bertz CT molecular complexity index is 1040. The van der Waals surface area contributed by atoms with Crippen molar-refractivity contribution in [2.45, 2.75) is 62.9 Å². The first-order chi connectivity index (χ1) is 14.3. The van der Waals surface area contributed by atoms with Crippen LogP contribution in [0.2, 0.25) is 0 Å². The molecule has 1 saturated carbocycles. The highest BCUT2D eigenvalue weighted by Gasteiger charge is 2.61. The number of thioether (sulfide) groups is 1. The molecule has 1 aromatic heterocycles. The molecule has 2 atom stereocenters. The van der Waals surface area contributed by atoms with Gasteiger partial charge in [0.1, 0.15) is 0 Å². The maximum absolute atomic E-state index is 12.7. The molecule has 6 nitrogen and oxygen atoms in total. The molecule has 30 heavy (non-hydrogen) atoms. The second kappa shape index (κ2) is 6.87. The van der Waals surface area contributed by atoms with Crippen LogP contribution in [0, 0.1) is 5.41 Å². The van der Waals surface area contributed by atoms with E-state index in [9.17, 15) is 9.59 Å². The zero-order chi connectivity index (χ0) is 21.1. The number of carbonyl (C=O) groups is 2. The summed E-state index contributed by atoms with van der Waals surface area (Å²) in [7, 11) is 0. The molecule has 2 bridgehead atoms. The summed E-state index contributed by atoms with van der Waals surface area (Å²) in [6, 6.07) is 7.31. The molecule has 7 heteroatoms. The maximum atomic E-state index is 12.7. The number of carbonyl (C=O) groups excluding carboxylic acids is 2. The molecule has 0 radical (unpaired) electrons. The molecule has 156 valence electrons.